The first kappa shape index (κ1) is 21.7. The first-order valence-electron chi connectivity index (χ1n) is 7.87. The number of nitrogens with zero attached hydrogens (tertiary/aromatic N) is 2. The van der Waals surface area contributed by atoms with Crippen LogP contribution in [0.4, 0.5) is 18.0 Å². The van der Waals surface area contributed by atoms with E-state index in [1.54, 1.807) is 37.4 Å². The zero-order chi connectivity index (χ0) is 21.1. The largest absolute Gasteiger partial charge is 0.417 e. The molecule has 2 heterocycles. The van der Waals surface area contributed by atoms with Crippen LogP contribution < -0.4 is 11.1 Å². The van der Waals surface area contributed by atoms with Gasteiger partial charge in [0.05, 0.1) is 26.9 Å². The highest BCUT2D eigenvalue weighted by atomic mass is 32.2. The van der Waals surface area contributed by atoms with Crippen molar-refractivity contribution in [1.29, 1.82) is 5.26 Å². The number of thioether (sulfide) groups is 1. The molecule has 0 radical (unpaired) electrons. The summed E-state index contributed by atoms with van der Waals surface area (Å²) in [5.74, 6) is -1.15. The molecule has 0 aliphatic heterocycles. The van der Waals surface area contributed by atoms with E-state index >= 15 is 0 Å². The van der Waals surface area contributed by atoms with E-state index in [1.165, 1.54) is 11.3 Å². The lowest BCUT2D eigenvalue weighted by molar-refractivity contribution is -0.138. The van der Waals surface area contributed by atoms with Crippen LogP contribution in [0.3, 0.4) is 0 Å². The molecule has 2 aromatic heterocycles. The number of primary amides is 1. The molecular weight excluding hydrogens is 413 g/mol. The Morgan fingerprint density at radius 2 is 2.07 bits per heavy atom. The van der Waals surface area contributed by atoms with Gasteiger partial charge >= 0.3 is 12.2 Å². The van der Waals surface area contributed by atoms with Crippen molar-refractivity contribution in [2.45, 2.75) is 30.3 Å². The molecule has 0 fully saturated rings. The van der Waals surface area contributed by atoms with Crippen molar-refractivity contribution in [3.05, 3.63) is 34.7 Å². The Morgan fingerprint density at radius 3 is 2.54 bits per heavy atom. The normalized spacial score (nSPS) is 12.5. The summed E-state index contributed by atoms with van der Waals surface area (Å²) in [7, 11) is 0. The van der Waals surface area contributed by atoms with Crippen LogP contribution in [0, 0.1) is 17.2 Å². The van der Waals surface area contributed by atoms with Gasteiger partial charge in [0, 0.05) is 0 Å². The third-order valence-electron chi connectivity index (χ3n) is 3.53. The van der Waals surface area contributed by atoms with Gasteiger partial charge in [0.15, 0.2) is 0 Å². The molecule has 6 nitrogen and oxygen atoms in total. The topological polar surface area (TPSA) is 109 Å². The fourth-order valence-electron chi connectivity index (χ4n) is 2.29. The number of aromatic nitrogens is 1. The molecule has 0 saturated carbocycles. The van der Waals surface area contributed by atoms with Crippen LogP contribution in [0.15, 0.2) is 28.6 Å². The number of alkyl halides is 3. The van der Waals surface area contributed by atoms with Crippen LogP contribution in [-0.2, 0) is 11.0 Å². The molecule has 2 aromatic rings. The summed E-state index contributed by atoms with van der Waals surface area (Å²) in [6.45, 7) is 3.30. The second kappa shape index (κ2) is 8.62. The molecule has 0 bridgehead atoms. The summed E-state index contributed by atoms with van der Waals surface area (Å²) in [4.78, 5) is 27.9. The number of urea groups is 1. The number of carbonyl (C=O) groups excluding carboxylic acids is 2. The van der Waals surface area contributed by atoms with Crippen molar-refractivity contribution in [2.75, 3.05) is 0 Å². The molecule has 28 heavy (non-hydrogen) atoms. The Labute approximate surface area is 166 Å². The summed E-state index contributed by atoms with van der Waals surface area (Å²) in [5.41, 5.74) is 3.20. The quantitative estimate of drug-likeness (QED) is 0.700. The van der Waals surface area contributed by atoms with Gasteiger partial charge in [-0.05, 0) is 23.4 Å². The Balaban J connectivity index is 2.60. The van der Waals surface area contributed by atoms with Gasteiger partial charge < -0.3 is 5.73 Å². The molecule has 148 valence electrons. The van der Waals surface area contributed by atoms with Crippen LogP contribution in [0.5, 0.6) is 0 Å². The minimum atomic E-state index is -4.78. The molecule has 0 aromatic carbocycles. The Bertz CT molecular complexity index is 922. The summed E-state index contributed by atoms with van der Waals surface area (Å²) in [5, 5.41) is 11.7. The molecule has 11 heteroatoms. The fourth-order valence-corrected chi connectivity index (χ4v) is 4.08. The highest BCUT2D eigenvalue weighted by molar-refractivity contribution is 8.00. The summed E-state index contributed by atoms with van der Waals surface area (Å²) in [6.07, 6.45) is -4.78. The Kier molecular flexibility index (Phi) is 6.69. The van der Waals surface area contributed by atoms with Gasteiger partial charge in [-0.15, -0.1) is 11.3 Å². The van der Waals surface area contributed by atoms with Gasteiger partial charge in [-0.1, -0.05) is 31.7 Å². The van der Waals surface area contributed by atoms with E-state index in [2.05, 4.69) is 4.98 Å². The zero-order valence-corrected chi connectivity index (χ0v) is 16.3. The highest BCUT2D eigenvalue weighted by Crippen LogP contribution is 2.40. The van der Waals surface area contributed by atoms with E-state index in [-0.39, 0.29) is 16.6 Å². The van der Waals surface area contributed by atoms with Gasteiger partial charge in [-0.3, -0.25) is 10.1 Å². The van der Waals surface area contributed by atoms with Gasteiger partial charge in [0.1, 0.15) is 11.1 Å². The number of halogens is 3. The average molecular weight is 428 g/mol. The second-order valence-corrected chi connectivity index (χ2v) is 8.04. The Hall–Kier alpha value is -2.58. The van der Waals surface area contributed by atoms with E-state index in [1.807, 2.05) is 5.32 Å². The van der Waals surface area contributed by atoms with E-state index in [0.29, 0.717) is 16.6 Å². The molecule has 0 spiro atoms. The monoisotopic (exact) mass is 428 g/mol. The maximum absolute atomic E-state index is 13.5. The third-order valence-corrected chi connectivity index (χ3v) is 5.95. The van der Waals surface area contributed by atoms with Crippen molar-refractivity contribution in [3.63, 3.8) is 0 Å². The van der Waals surface area contributed by atoms with Crippen LogP contribution in [-0.4, -0.2) is 22.2 Å². The number of hydrogen-bond acceptors (Lipinski definition) is 6. The molecule has 0 saturated heterocycles. The number of rotatable bonds is 5. The van der Waals surface area contributed by atoms with Crippen LogP contribution in [0.25, 0.3) is 10.6 Å². The summed E-state index contributed by atoms with van der Waals surface area (Å²) in [6, 6.07) is 4.56. The first-order chi connectivity index (χ1) is 13.0. The predicted octanol–water partition coefficient (Wildman–Crippen LogP) is 4.01. The standard InChI is InChI=1S/C17H15F3N4O2S2/c1-8(2)13(14(25)24-16(22)26)28-15-9(7-21)10(17(18,19)20)6-11(23-15)12-4-3-5-27-12/h3-6,8,13H,1-2H3,(H3,22,24,25,26). The minimum Gasteiger partial charge on any atom is -0.351 e. The SMILES string of the molecule is CC(C)C(Sc1nc(-c2cccs2)cc(C(F)(F)F)c1C#N)C(=O)NC(N)=O. The average Bonchev–Trinajstić information content (AvgIpc) is 3.11. The minimum absolute atomic E-state index is 0.0432. The van der Waals surface area contributed by atoms with E-state index < -0.39 is 34.5 Å². The number of nitrogens with two attached hydrogens (primary N) is 1. The number of nitrogens with one attached hydrogen (secondary N) is 1. The molecule has 1 atom stereocenters. The molecule has 0 aliphatic carbocycles. The molecule has 3 N–H and O–H groups in total. The lowest BCUT2D eigenvalue weighted by Gasteiger charge is -2.20. The van der Waals surface area contributed by atoms with Crippen molar-refractivity contribution < 1.29 is 22.8 Å². The number of nitriles is 1. The molecule has 0 aliphatic rings. The van der Waals surface area contributed by atoms with Crippen LogP contribution in [0.2, 0.25) is 0 Å². The third kappa shape index (κ3) is 5.02. The molecule has 2 rings (SSSR count). The predicted molar refractivity (Wildman–Crippen MR) is 99.5 cm³/mol. The highest BCUT2D eigenvalue weighted by Gasteiger charge is 2.37. The number of hydrogen-bond donors (Lipinski definition) is 2. The maximum atomic E-state index is 13.5. The smallest absolute Gasteiger partial charge is 0.351 e. The molecule has 3 amide bonds. The second-order valence-electron chi connectivity index (χ2n) is 5.96. The van der Waals surface area contributed by atoms with E-state index in [4.69, 9.17) is 5.73 Å². The van der Waals surface area contributed by atoms with Crippen molar-refractivity contribution in [1.82, 2.24) is 10.3 Å². The van der Waals surface area contributed by atoms with Gasteiger partial charge in [-0.2, -0.15) is 18.4 Å². The van der Waals surface area contributed by atoms with E-state index in [9.17, 15) is 28.0 Å². The van der Waals surface area contributed by atoms with Crippen molar-refractivity contribution in [2.24, 2.45) is 11.7 Å². The Morgan fingerprint density at radius 1 is 1.39 bits per heavy atom. The van der Waals surface area contributed by atoms with Crippen molar-refractivity contribution in [3.8, 4) is 16.6 Å². The summed E-state index contributed by atoms with van der Waals surface area (Å²) >= 11 is 1.89. The zero-order valence-electron chi connectivity index (χ0n) is 14.7. The van der Waals surface area contributed by atoms with Gasteiger partial charge in [0.2, 0.25) is 5.91 Å². The number of thiophene rings is 1. The van der Waals surface area contributed by atoms with Crippen LogP contribution >= 0.6 is 23.1 Å². The molecule has 1 unspecified atom stereocenters. The van der Waals surface area contributed by atoms with Crippen molar-refractivity contribution >= 4 is 35.0 Å². The lowest BCUT2D eigenvalue weighted by atomic mass is 10.1. The number of imide groups is 1. The van der Waals surface area contributed by atoms with E-state index in [0.717, 1.165) is 6.07 Å². The number of amides is 3. The maximum Gasteiger partial charge on any atom is 0.417 e. The number of pyridine rings is 1. The number of carbonyl (C=O) groups is 2. The fraction of sp³-hybridized carbons (Fsp3) is 0.294. The van der Waals surface area contributed by atoms with Crippen LogP contribution in [0.1, 0.15) is 25.0 Å². The lowest BCUT2D eigenvalue weighted by Crippen LogP contribution is -2.42. The summed E-state index contributed by atoms with van der Waals surface area (Å²) < 4.78 is 40.6. The first-order valence-corrected chi connectivity index (χ1v) is 9.63. The van der Waals surface area contributed by atoms with Gasteiger partial charge in [0.25, 0.3) is 0 Å². The molecular formula is C17H15F3N4O2S2. The van der Waals surface area contributed by atoms with Gasteiger partial charge in [-0.25, -0.2) is 9.78 Å².